The lowest BCUT2D eigenvalue weighted by Crippen LogP contribution is -2.21. The molecule has 0 saturated carbocycles. The van der Waals surface area contributed by atoms with Crippen molar-refractivity contribution in [3.05, 3.63) is 30.1 Å². The molecule has 1 N–H and O–H groups in total. The van der Waals surface area contributed by atoms with Crippen LogP contribution in [0.5, 0.6) is 6.01 Å². The molecule has 7 heteroatoms. The zero-order valence-electron chi connectivity index (χ0n) is 12.6. The van der Waals surface area contributed by atoms with Gasteiger partial charge < -0.3 is 15.0 Å². The molecule has 0 aliphatic rings. The van der Waals surface area contributed by atoms with Crippen LogP contribution in [0.4, 0.5) is 11.9 Å². The highest BCUT2D eigenvalue weighted by Gasteiger charge is 2.11. The molecule has 0 bridgehead atoms. The summed E-state index contributed by atoms with van der Waals surface area (Å²) in [7, 11) is 3.45. The quantitative estimate of drug-likeness (QED) is 0.831. The van der Waals surface area contributed by atoms with Crippen molar-refractivity contribution in [1.29, 1.82) is 0 Å². The van der Waals surface area contributed by atoms with Crippen LogP contribution in [0.2, 0.25) is 0 Å². The largest absolute Gasteiger partial charge is 0.467 e. The molecule has 0 amide bonds. The van der Waals surface area contributed by atoms with Crippen LogP contribution in [-0.2, 0) is 6.54 Å². The van der Waals surface area contributed by atoms with Crippen LogP contribution in [0.3, 0.4) is 0 Å². The first-order valence-corrected chi connectivity index (χ1v) is 6.88. The molecule has 0 aliphatic heterocycles. The Balaban J connectivity index is 2.16. The molecule has 0 fully saturated rings. The fraction of sp³-hybridized carbons (Fsp3) is 0.429. The van der Waals surface area contributed by atoms with Gasteiger partial charge in [-0.1, -0.05) is 13.0 Å². The lowest BCUT2D eigenvalue weighted by molar-refractivity contribution is 0.379. The predicted octanol–water partition coefficient (Wildman–Crippen LogP) is 1.73. The van der Waals surface area contributed by atoms with E-state index in [1.165, 1.54) is 0 Å². The molecule has 0 aromatic carbocycles. The summed E-state index contributed by atoms with van der Waals surface area (Å²) in [6.45, 7) is 3.50. The van der Waals surface area contributed by atoms with E-state index in [4.69, 9.17) is 4.74 Å². The van der Waals surface area contributed by atoms with E-state index in [0.717, 1.165) is 18.7 Å². The Kier molecular flexibility index (Phi) is 5.25. The number of pyridine rings is 1. The first-order chi connectivity index (χ1) is 10.2. The highest BCUT2D eigenvalue weighted by atomic mass is 16.5. The van der Waals surface area contributed by atoms with Gasteiger partial charge in [0.05, 0.1) is 19.3 Å². The second kappa shape index (κ2) is 7.37. The average Bonchev–Trinajstić information content (AvgIpc) is 2.53. The predicted molar refractivity (Wildman–Crippen MR) is 81.5 cm³/mol. The van der Waals surface area contributed by atoms with Crippen molar-refractivity contribution in [2.24, 2.45) is 0 Å². The van der Waals surface area contributed by atoms with Crippen LogP contribution in [0.1, 0.15) is 19.0 Å². The molecule has 7 nitrogen and oxygen atoms in total. The van der Waals surface area contributed by atoms with Crippen LogP contribution < -0.4 is 15.0 Å². The standard InChI is InChI=1S/C14H20N6O/c1-4-8-16-12-17-13(19-14(18-12)21-3)20(2)10-11-7-5-6-9-15-11/h5-7,9H,4,8,10H2,1-3H3,(H,16,17,18,19). The molecule has 0 aliphatic carbocycles. The number of methoxy groups -OCH3 is 1. The van der Waals surface area contributed by atoms with Crippen LogP contribution in [0.15, 0.2) is 24.4 Å². The van der Waals surface area contributed by atoms with E-state index in [0.29, 0.717) is 24.5 Å². The number of hydrogen-bond acceptors (Lipinski definition) is 7. The monoisotopic (exact) mass is 288 g/mol. The maximum absolute atomic E-state index is 5.13. The molecule has 0 radical (unpaired) electrons. The molecular weight excluding hydrogens is 268 g/mol. The minimum absolute atomic E-state index is 0.298. The maximum atomic E-state index is 5.13. The fourth-order valence-electron chi connectivity index (χ4n) is 1.73. The summed E-state index contributed by atoms with van der Waals surface area (Å²) in [5.41, 5.74) is 0.947. The van der Waals surface area contributed by atoms with Gasteiger partial charge in [-0.25, -0.2) is 0 Å². The van der Waals surface area contributed by atoms with Gasteiger partial charge >= 0.3 is 6.01 Å². The fourth-order valence-corrected chi connectivity index (χ4v) is 1.73. The Hall–Kier alpha value is -2.44. The van der Waals surface area contributed by atoms with Crippen molar-refractivity contribution in [3.63, 3.8) is 0 Å². The van der Waals surface area contributed by atoms with Crippen molar-refractivity contribution in [2.45, 2.75) is 19.9 Å². The van der Waals surface area contributed by atoms with E-state index in [9.17, 15) is 0 Å². The Labute approximate surface area is 124 Å². The summed E-state index contributed by atoms with van der Waals surface area (Å²) in [6, 6.07) is 6.11. The summed E-state index contributed by atoms with van der Waals surface area (Å²) in [5.74, 6) is 1.07. The third kappa shape index (κ3) is 4.27. The van der Waals surface area contributed by atoms with Gasteiger partial charge in [0, 0.05) is 19.8 Å². The minimum atomic E-state index is 0.298. The molecule has 0 spiro atoms. The second-order valence-corrected chi connectivity index (χ2v) is 4.55. The number of nitrogens with one attached hydrogen (secondary N) is 1. The van der Waals surface area contributed by atoms with Gasteiger partial charge in [0.25, 0.3) is 0 Å². The molecule has 21 heavy (non-hydrogen) atoms. The third-order valence-electron chi connectivity index (χ3n) is 2.79. The van der Waals surface area contributed by atoms with Crippen molar-refractivity contribution in [1.82, 2.24) is 19.9 Å². The zero-order chi connectivity index (χ0) is 15.1. The van der Waals surface area contributed by atoms with E-state index in [-0.39, 0.29) is 0 Å². The summed E-state index contributed by atoms with van der Waals surface area (Å²) >= 11 is 0. The topological polar surface area (TPSA) is 76.1 Å². The Morgan fingerprint density at radius 2 is 2.10 bits per heavy atom. The second-order valence-electron chi connectivity index (χ2n) is 4.55. The summed E-state index contributed by atoms with van der Waals surface area (Å²) < 4.78 is 5.13. The van der Waals surface area contributed by atoms with E-state index in [1.807, 2.05) is 30.1 Å². The number of nitrogens with zero attached hydrogens (tertiary/aromatic N) is 5. The SMILES string of the molecule is CCCNc1nc(OC)nc(N(C)Cc2ccccn2)n1. The van der Waals surface area contributed by atoms with Gasteiger partial charge in [0.2, 0.25) is 11.9 Å². The van der Waals surface area contributed by atoms with Crippen molar-refractivity contribution >= 4 is 11.9 Å². The third-order valence-corrected chi connectivity index (χ3v) is 2.79. The van der Waals surface area contributed by atoms with Crippen molar-refractivity contribution in [2.75, 3.05) is 30.9 Å². The number of anilines is 2. The first kappa shape index (κ1) is 15.0. The van der Waals surface area contributed by atoms with Crippen LogP contribution in [0, 0.1) is 0 Å². The van der Waals surface area contributed by atoms with Gasteiger partial charge in [0.1, 0.15) is 0 Å². The van der Waals surface area contributed by atoms with Gasteiger partial charge in [-0.3, -0.25) is 4.98 Å². The highest BCUT2D eigenvalue weighted by molar-refractivity contribution is 5.38. The van der Waals surface area contributed by atoms with Crippen molar-refractivity contribution < 1.29 is 4.74 Å². The minimum Gasteiger partial charge on any atom is -0.467 e. The van der Waals surface area contributed by atoms with Crippen LogP contribution >= 0.6 is 0 Å². The van der Waals surface area contributed by atoms with Gasteiger partial charge in [-0.2, -0.15) is 15.0 Å². The van der Waals surface area contributed by atoms with Gasteiger partial charge in [0.15, 0.2) is 0 Å². The maximum Gasteiger partial charge on any atom is 0.322 e. The normalized spacial score (nSPS) is 10.2. The first-order valence-electron chi connectivity index (χ1n) is 6.88. The molecule has 0 saturated heterocycles. The number of hydrogen-bond donors (Lipinski definition) is 1. The highest BCUT2D eigenvalue weighted by Crippen LogP contribution is 2.15. The van der Waals surface area contributed by atoms with Gasteiger partial charge in [-0.15, -0.1) is 0 Å². The van der Waals surface area contributed by atoms with E-state index < -0.39 is 0 Å². The molecule has 112 valence electrons. The Bertz CT molecular complexity index is 563. The van der Waals surface area contributed by atoms with E-state index in [1.54, 1.807) is 13.3 Å². The van der Waals surface area contributed by atoms with Crippen LogP contribution in [-0.4, -0.2) is 40.6 Å². The summed E-state index contributed by atoms with van der Waals surface area (Å²) in [5, 5.41) is 3.14. The van der Waals surface area contributed by atoms with Crippen LogP contribution in [0.25, 0.3) is 0 Å². The summed E-state index contributed by atoms with van der Waals surface area (Å²) in [6.07, 6.45) is 2.76. The number of ether oxygens (including phenoxy) is 1. The molecule has 2 aromatic heterocycles. The molecule has 2 aromatic rings. The Morgan fingerprint density at radius 1 is 1.24 bits per heavy atom. The van der Waals surface area contributed by atoms with E-state index >= 15 is 0 Å². The lowest BCUT2D eigenvalue weighted by atomic mass is 10.3. The molecule has 2 rings (SSSR count). The number of rotatable bonds is 7. The smallest absolute Gasteiger partial charge is 0.322 e. The Morgan fingerprint density at radius 3 is 2.76 bits per heavy atom. The average molecular weight is 288 g/mol. The zero-order valence-corrected chi connectivity index (χ0v) is 12.6. The van der Waals surface area contributed by atoms with Gasteiger partial charge in [-0.05, 0) is 18.6 Å². The molecule has 0 atom stereocenters. The number of aromatic nitrogens is 4. The molecule has 2 heterocycles. The lowest BCUT2D eigenvalue weighted by Gasteiger charge is -2.17. The molecular formula is C14H20N6O. The molecule has 0 unspecified atom stereocenters. The van der Waals surface area contributed by atoms with E-state index in [2.05, 4.69) is 32.2 Å². The summed E-state index contributed by atoms with van der Waals surface area (Å²) in [4.78, 5) is 19.1. The van der Waals surface area contributed by atoms with Crippen molar-refractivity contribution in [3.8, 4) is 6.01 Å².